The quantitative estimate of drug-likeness (QED) is 0.348. The molecule has 32 heavy (non-hydrogen) atoms. The van der Waals surface area contributed by atoms with E-state index in [9.17, 15) is 19.8 Å². The number of phenolic OH excluding ortho intramolecular Hbond substituents is 1. The number of hydrogen-bond acceptors (Lipinski definition) is 6. The summed E-state index contributed by atoms with van der Waals surface area (Å²) in [4.78, 5) is 28.4. The highest BCUT2D eigenvalue weighted by molar-refractivity contribution is 7.16. The van der Waals surface area contributed by atoms with Crippen LogP contribution in [0.3, 0.4) is 0 Å². The van der Waals surface area contributed by atoms with Gasteiger partial charge in [0.1, 0.15) is 16.9 Å². The molecule has 1 aromatic carbocycles. The number of carbonyl (C=O) groups is 1. The molecular weight excluding hydrogens is 428 g/mol. The molecule has 8 heteroatoms. The molecule has 1 heterocycles. The third-order valence-corrected chi connectivity index (χ3v) is 6.20. The number of nitrogens with one attached hydrogen (secondary N) is 1. The SMILES string of the molecule is CCCCCCCCCCN(C[C@H](O)c1ccc(O)c2[nH]c(=O)sc12)C(=O)OC(C)(C)C. The van der Waals surface area contributed by atoms with Crippen molar-refractivity contribution < 1.29 is 19.7 Å². The number of aliphatic hydroxyl groups excluding tert-OH is 1. The van der Waals surface area contributed by atoms with E-state index in [1.54, 1.807) is 11.0 Å². The molecular formula is C24H38N2O5S. The minimum atomic E-state index is -1.01. The zero-order valence-electron chi connectivity index (χ0n) is 19.8. The van der Waals surface area contributed by atoms with Gasteiger partial charge < -0.3 is 24.8 Å². The Morgan fingerprint density at radius 2 is 1.75 bits per heavy atom. The number of phenols is 1. The van der Waals surface area contributed by atoms with Gasteiger partial charge in [0.25, 0.3) is 0 Å². The second-order valence-corrected chi connectivity index (χ2v) is 10.3. The van der Waals surface area contributed by atoms with Crippen molar-refractivity contribution >= 4 is 27.6 Å². The summed E-state index contributed by atoms with van der Waals surface area (Å²) in [5.74, 6) is -0.0442. The number of aromatic amines is 1. The number of ether oxygens (including phenoxy) is 1. The normalized spacial score (nSPS) is 12.8. The summed E-state index contributed by atoms with van der Waals surface area (Å²) >= 11 is 0.933. The smallest absolute Gasteiger partial charge is 0.410 e. The molecule has 0 fully saturated rings. The lowest BCUT2D eigenvalue weighted by molar-refractivity contribution is 0.0142. The molecule has 0 bridgehead atoms. The number of fused-ring (bicyclic) bond motifs is 1. The maximum atomic E-state index is 12.8. The monoisotopic (exact) mass is 466 g/mol. The topological polar surface area (TPSA) is 103 Å². The van der Waals surface area contributed by atoms with E-state index in [2.05, 4.69) is 11.9 Å². The predicted molar refractivity (Wildman–Crippen MR) is 129 cm³/mol. The zero-order valence-corrected chi connectivity index (χ0v) is 20.6. The Balaban J connectivity index is 2.03. The van der Waals surface area contributed by atoms with E-state index >= 15 is 0 Å². The molecule has 1 amide bonds. The summed E-state index contributed by atoms with van der Waals surface area (Å²) < 4.78 is 6.05. The van der Waals surface area contributed by atoms with Crippen molar-refractivity contribution in [2.24, 2.45) is 0 Å². The van der Waals surface area contributed by atoms with Crippen molar-refractivity contribution in [3.63, 3.8) is 0 Å². The van der Waals surface area contributed by atoms with Crippen LogP contribution in [0, 0.1) is 0 Å². The van der Waals surface area contributed by atoms with Crippen molar-refractivity contribution in [1.29, 1.82) is 0 Å². The number of unbranched alkanes of at least 4 members (excludes halogenated alkanes) is 7. The molecule has 1 aromatic heterocycles. The lowest BCUT2D eigenvalue weighted by Gasteiger charge is -2.29. The first kappa shape index (κ1) is 26.2. The summed E-state index contributed by atoms with van der Waals surface area (Å²) in [5.41, 5.74) is 0.181. The Hall–Kier alpha value is -2.06. The highest BCUT2D eigenvalue weighted by atomic mass is 32.1. The van der Waals surface area contributed by atoms with E-state index in [1.807, 2.05) is 20.8 Å². The number of carbonyl (C=O) groups excluding carboxylic acids is 1. The summed E-state index contributed by atoms with van der Waals surface area (Å²) in [6.45, 7) is 8.20. The second-order valence-electron chi connectivity index (χ2n) is 9.31. The van der Waals surface area contributed by atoms with Gasteiger partial charge in [-0.25, -0.2) is 4.79 Å². The number of hydrogen-bond donors (Lipinski definition) is 3. The molecule has 7 nitrogen and oxygen atoms in total. The molecule has 180 valence electrons. The fourth-order valence-corrected chi connectivity index (χ4v) is 4.55. The molecule has 0 aliphatic rings. The van der Waals surface area contributed by atoms with E-state index < -0.39 is 17.8 Å². The third kappa shape index (κ3) is 8.13. The average Bonchev–Trinajstić information content (AvgIpc) is 3.10. The van der Waals surface area contributed by atoms with Crippen molar-refractivity contribution in [3.05, 3.63) is 27.4 Å². The molecule has 0 radical (unpaired) electrons. The summed E-state index contributed by atoms with van der Waals surface area (Å²) in [6.07, 6.45) is 7.76. The second kappa shape index (κ2) is 12.3. The Bertz CT molecular complexity index is 915. The van der Waals surface area contributed by atoms with Crippen LogP contribution in [-0.4, -0.2) is 44.9 Å². The van der Waals surface area contributed by atoms with Gasteiger partial charge in [0.2, 0.25) is 0 Å². The largest absolute Gasteiger partial charge is 0.506 e. The van der Waals surface area contributed by atoms with E-state index in [4.69, 9.17) is 4.74 Å². The Kier molecular flexibility index (Phi) is 10.0. The zero-order chi connectivity index (χ0) is 23.7. The predicted octanol–water partition coefficient (Wildman–Crippen LogP) is 5.71. The van der Waals surface area contributed by atoms with Crippen LogP contribution in [0.25, 0.3) is 10.2 Å². The first-order valence-electron chi connectivity index (χ1n) is 11.6. The van der Waals surface area contributed by atoms with Gasteiger partial charge in [-0.3, -0.25) is 4.79 Å². The fourth-order valence-electron chi connectivity index (χ4n) is 3.63. The van der Waals surface area contributed by atoms with Gasteiger partial charge in [0, 0.05) is 12.1 Å². The summed E-state index contributed by atoms with van der Waals surface area (Å²) in [5, 5.41) is 20.9. The van der Waals surface area contributed by atoms with Crippen molar-refractivity contribution in [2.75, 3.05) is 13.1 Å². The van der Waals surface area contributed by atoms with E-state index in [1.165, 1.54) is 38.2 Å². The Morgan fingerprint density at radius 3 is 2.38 bits per heavy atom. The maximum Gasteiger partial charge on any atom is 0.410 e. The van der Waals surface area contributed by atoms with E-state index in [0.717, 1.165) is 30.6 Å². The highest BCUT2D eigenvalue weighted by Gasteiger charge is 2.25. The fraction of sp³-hybridized carbons (Fsp3) is 0.667. The van der Waals surface area contributed by atoms with Crippen LogP contribution in [0.1, 0.15) is 90.7 Å². The number of H-pyrrole nitrogens is 1. The summed E-state index contributed by atoms with van der Waals surface area (Å²) in [7, 11) is 0. The minimum Gasteiger partial charge on any atom is -0.506 e. The molecule has 1 atom stereocenters. The van der Waals surface area contributed by atoms with Gasteiger partial charge in [0.05, 0.1) is 17.3 Å². The molecule has 0 unspecified atom stereocenters. The van der Waals surface area contributed by atoms with Crippen molar-refractivity contribution in [1.82, 2.24) is 9.88 Å². The number of thiazole rings is 1. The number of aliphatic hydroxyl groups is 1. The van der Waals surface area contributed by atoms with Gasteiger partial charge in [-0.05, 0) is 33.3 Å². The molecule has 3 N–H and O–H groups in total. The van der Waals surface area contributed by atoms with Crippen molar-refractivity contribution in [3.8, 4) is 5.75 Å². The molecule has 0 aliphatic heterocycles. The lowest BCUT2D eigenvalue weighted by Crippen LogP contribution is -2.39. The lowest BCUT2D eigenvalue weighted by atomic mass is 10.1. The first-order chi connectivity index (χ1) is 15.1. The van der Waals surface area contributed by atoms with Crippen LogP contribution in [0.4, 0.5) is 4.79 Å². The Labute approximate surface area is 194 Å². The number of amides is 1. The molecule has 0 spiro atoms. The van der Waals surface area contributed by atoms with E-state index in [-0.39, 0.29) is 17.2 Å². The van der Waals surface area contributed by atoms with Crippen LogP contribution in [0.15, 0.2) is 16.9 Å². The van der Waals surface area contributed by atoms with Gasteiger partial charge in [0.15, 0.2) is 0 Å². The van der Waals surface area contributed by atoms with Gasteiger partial charge in [-0.15, -0.1) is 0 Å². The van der Waals surface area contributed by atoms with Gasteiger partial charge >= 0.3 is 11.0 Å². The molecule has 2 aromatic rings. The first-order valence-corrected chi connectivity index (χ1v) is 12.4. The highest BCUT2D eigenvalue weighted by Crippen LogP contribution is 2.32. The minimum absolute atomic E-state index is 0.0442. The molecule has 2 rings (SSSR count). The maximum absolute atomic E-state index is 12.8. The van der Waals surface area contributed by atoms with Crippen LogP contribution in [0.2, 0.25) is 0 Å². The number of aromatic hydroxyl groups is 1. The van der Waals surface area contributed by atoms with Crippen LogP contribution in [-0.2, 0) is 4.74 Å². The number of rotatable bonds is 12. The number of nitrogens with zero attached hydrogens (tertiary/aromatic N) is 1. The van der Waals surface area contributed by atoms with Crippen molar-refractivity contribution in [2.45, 2.75) is 90.8 Å². The van der Waals surface area contributed by atoms with Crippen LogP contribution in [0.5, 0.6) is 5.75 Å². The van der Waals surface area contributed by atoms with Gasteiger partial charge in [-0.2, -0.15) is 0 Å². The van der Waals surface area contributed by atoms with E-state index in [0.29, 0.717) is 22.3 Å². The third-order valence-electron chi connectivity index (χ3n) is 5.27. The summed E-state index contributed by atoms with van der Waals surface area (Å²) in [6, 6.07) is 3.04. The standard InChI is InChI=1S/C24H38N2O5S/c1-5-6-7-8-9-10-11-12-15-26(23(30)31-24(2,3)4)16-19(28)17-13-14-18(27)20-21(17)32-22(29)25-20/h13-14,19,27-28H,5-12,15-16H2,1-4H3,(H,25,29)/t19-/m0/s1. The van der Waals surface area contributed by atoms with Crippen LogP contribution >= 0.6 is 11.3 Å². The molecule has 0 saturated heterocycles. The average molecular weight is 467 g/mol. The Morgan fingerprint density at radius 1 is 1.12 bits per heavy atom. The number of aromatic nitrogens is 1. The molecule has 0 saturated carbocycles. The number of benzene rings is 1. The van der Waals surface area contributed by atoms with Crippen LogP contribution < -0.4 is 4.87 Å². The molecule has 0 aliphatic carbocycles. The van der Waals surface area contributed by atoms with Gasteiger partial charge in [-0.1, -0.05) is 69.3 Å².